The number of aryl methyl sites for hydroxylation is 2. The summed E-state index contributed by atoms with van der Waals surface area (Å²) < 4.78 is 23.1. The van der Waals surface area contributed by atoms with Gasteiger partial charge in [-0.1, -0.05) is 29.8 Å². The Labute approximate surface area is 181 Å². The zero-order valence-corrected chi connectivity index (χ0v) is 18.7. The highest BCUT2D eigenvalue weighted by Gasteiger charge is 2.27. The predicted octanol–water partition coefficient (Wildman–Crippen LogP) is 6.13. The highest BCUT2D eigenvalue weighted by atomic mass is 35.5. The van der Waals surface area contributed by atoms with Crippen LogP contribution in [0.2, 0.25) is 5.02 Å². The second kappa shape index (κ2) is 8.84. The highest BCUT2D eigenvalue weighted by Crippen LogP contribution is 2.52. The Balaban J connectivity index is 2.27. The van der Waals surface area contributed by atoms with Crippen LogP contribution >= 0.6 is 11.6 Å². The van der Waals surface area contributed by atoms with Crippen LogP contribution in [0.1, 0.15) is 35.3 Å². The molecular weight excluding hydrogens is 404 g/mol. The molecule has 5 nitrogen and oxygen atoms in total. The largest absolute Gasteiger partial charge is 0.490 e. The Kier molecular flexibility index (Phi) is 6.42. The second-order valence-corrected chi connectivity index (χ2v) is 7.67. The quantitative estimate of drug-likeness (QED) is 0.349. The minimum absolute atomic E-state index is 0.117. The van der Waals surface area contributed by atoms with Crippen LogP contribution in [-0.4, -0.2) is 26.3 Å². The number of carbonyl (C=O) groups is 1. The summed E-state index contributed by atoms with van der Waals surface area (Å²) in [5.74, 6) is 0.881. The van der Waals surface area contributed by atoms with E-state index >= 15 is 0 Å². The van der Waals surface area contributed by atoms with Gasteiger partial charge in [0.15, 0.2) is 11.5 Å². The topological polar surface area (TPSA) is 54.0 Å². The summed E-state index contributed by atoms with van der Waals surface area (Å²) in [6.07, 6.45) is -0.117. The van der Waals surface area contributed by atoms with Crippen LogP contribution in [0.3, 0.4) is 0 Å². The lowest BCUT2D eigenvalue weighted by Crippen LogP contribution is -2.14. The lowest BCUT2D eigenvalue weighted by molar-refractivity contribution is 0.0729. The molecule has 30 heavy (non-hydrogen) atoms. The van der Waals surface area contributed by atoms with Gasteiger partial charge in [-0.3, -0.25) is 0 Å². The third-order valence-electron chi connectivity index (χ3n) is 4.73. The summed E-state index contributed by atoms with van der Waals surface area (Å²) >= 11 is 6.26. The molecule has 3 aromatic carbocycles. The van der Waals surface area contributed by atoms with Crippen LogP contribution in [0.25, 0.3) is 10.8 Å². The molecule has 0 saturated carbocycles. The number of hydrogen-bond acceptors (Lipinski definition) is 5. The number of ether oxygens (including phenoxy) is 4. The number of halogens is 1. The fraction of sp³-hybridized carbons (Fsp3) is 0.292. The van der Waals surface area contributed by atoms with E-state index in [1.165, 1.54) is 14.2 Å². The maximum atomic E-state index is 13.1. The first-order chi connectivity index (χ1) is 14.3. The Morgan fingerprint density at radius 1 is 0.867 bits per heavy atom. The van der Waals surface area contributed by atoms with Gasteiger partial charge in [0.1, 0.15) is 0 Å². The normalized spacial score (nSPS) is 10.9. The van der Waals surface area contributed by atoms with Crippen molar-refractivity contribution in [2.45, 2.75) is 33.8 Å². The number of carbonyl (C=O) groups excluding carboxylic acids is 1. The molecular formula is C24H25ClO5. The standard InChI is InChI=1S/C24H25ClO5/c1-13(2)29-21-18-12-16(25)10-11-17(18)20(22(27-5)23(21)28-6)30-24(26)19-14(3)8-7-9-15(19)4/h7-13H,1-6H3. The molecule has 158 valence electrons. The molecule has 0 heterocycles. The molecule has 6 heteroatoms. The lowest BCUT2D eigenvalue weighted by atomic mass is 10.0. The van der Waals surface area contributed by atoms with Crippen LogP contribution in [0, 0.1) is 13.8 Å². The Morgan fingerprint density at radius 3 is 2.03 bits per heavy atom. The van der Waals surface area contributed by atoms with Crippen molar-refractivity contribution in [3.63, 3.8) is 0 Å². The average Bonchev–Trinajstić information content (AvgIpc) is 2.68. The van der Waals surface area contributed by atoms with Gasteiger partial charge in [0, 0.05) is 15.8 Å². The van der Waals surface area contributed by atoms with Gasteiger partial charge in [-0.2, -0.15) is 0 Å². The van der Waals surface area contributed by atoms with Crippen molar-refractivity contribution in [3.05, 3.63) is 58.1 Å². The van der Waals surface area contributed by atoms with Crippen LogP contribution in [0.15, 0.2) is 36.4 Å². The number of hydrogen-bond donors (Lipinski definition) is 0. The molecule has 0 aromatic heterocycles. The van der Waals surface area contributed by atoms with Crippen LogP contribution < -0.4 is 18.9 Å². The van der Waals surface area contributed by atoms with Crippen molar-refractivity contribution in [1.82, 2.24) is 0 Å². The van der Waals surface area contributed by atoms with E-state index < -0.39 is 5.97 Å². The van der Waals surface area contributed by atoms with E-state index in [1.54, 1.807) is 18.2 Å². The number of rotatable bonds is 6. The molecule has 0 bridgehead atoms. The van der Waals surface area contributed by atoms with E-state index in [1.807, 2.05) is 45.9 Å². The fourth-order valence-corrected chi connectivity index (χ4v) is 3.63. The van der Waals surface area contributed by atoms with Crippen molar-refractivity contribution in [3.8, 4) is 23.0 Å². The SMILES string of the molecule is COc1c(OC)c(OC(C)C)c2cc(Cl)ccc2c1OC(=O)c1c(C)cccc1C. The molecule has 0 unspecified atom stereocenters. The molecule has 0 N–H and O–H groups in total. The van der Waals surface area contributed by atoms with Gasteiger partial charge in [0.05, 0.1) is 25.9 Å². The van der Waals surface area contributed by atoms with Gasteiger partial charge < -0.3 is 18.9 Å². The minimum Gasteiger partial charge on any atom is -0.490 e. The molecule has 3 aromatic rings. The summed E-state index contributed by atoms with van der Waals surface area (Å²) in [7, 11) is 3.01. The molecule has 0 amide bonds. The zero-order valence-electron chi connectivity index (χ0n) is 18.0. The Bertz CT molecular complexity index is 1080. The molecule has 3 rings (SSSR count). The summed E-state index contributed by atoms with van der Waals surface area (Å²) in [5.41, 5.74) is 2.18. The number of esters is 1. The van der Waals surface area contributed by atoms with Gasteiger partial charge >= 0.3 is 5.97 Å². The number of benzene rings is 3. The Hall–Kier alpha value is -2.92. The smallest absolute Gasteiger partial charge is 0.344 e. The van der Waals surface area contributed by atoms with Crippen LogP contribution in [0.4, 0.5) is 0 Å². The summed E-state index contributed by atoms with van der Waals surface area (Å²) in [6.45, 7) is 7.58. The van der Waals surface area contributed by atoms with Crippen molar-refractivity contribution in [1.29, 1.82) is 0 Å². The monoisotopic (exact) mass is 428 g/mol. The first kappa shape index (κ1) is 21.8. The molecule has 0 atom stereocenters. The molecule has 0 aliphatic rings. The van der Waals surface area contributed by atoms with E-state index in [0.29, 0.717) is 32.9 Å². The van der Waals surface area contributed by atoms with E-state index in [2.05, 4.69) is 0 Å². The first-order valence-corrected chi connectivity index (χ1v) is 9.98. The minimum atomic E-state index is -0.472. The van der Waals surface area contributed by atoms with Crippen molar-refractivity contribution in [2.75, 3.05) is 14.2 Å². The van der Waals surface area contributed by atoms with Crippen molar-refractivity contribution >= 4 is 28.3 Å². The van der Waals surface area contributed by atoms with Crippen LogP contribution in [0.5, 0.6) is 23.0 Å². The second-order valence-electron chi connectivity index (χ2n) is 7.24. The van der Waals surface area contributed by atoms with Gasteiger partial charge in [-0.15, -0.1) is 0 Å². The highest BCUT2D eigenvalue weighted by molar-refractivity contribution is 6.31. The third kappa shape index (κ3) is 4.03. The first-order valence-electron chi connectivity index (χ1n) is 9.60. The van der Waals surface area contributed by atoms with Crippen molar-refractivity contribution < 1.29 is 23.7 Å². The summed E-state index contributed by atoms with van der Waals surface area (Å²) in [5, 5.41) is 1.82. The van der Waals surface area contributed by atoms with Crippen molar-refractivity contribution in [2.24, 2.45) is 0 Å². The summed E-state index contributed by atoms with van der Waals surface area (Å²) in [6, 6.07) is 10.9. The van der Waals surface area contributed by atoms with Crippen LogP contribution in [-0.2, 0) is 0 Å². The van der Waals surface area contributed by atoms with E-state index in [4.69, 9.17) is 30.5 Å². The number of fused-ring (bicyclic) bond motifs is 1. The molecule has 0 spiro atoms. The molecule has 0 aliphatic heterocycles. The molecule has 0 radical (unpaired) electrons. The maximum Gasteiger partial charge on any atom is 0.344 e. The fourth-order valence-electron chi connectivity index (χ4n) is 3.46. The molecule has 0 fully saturated rings. The van der Waals surface area contributed by atoms with E-state index in [0.717, 1.165) is 11.1 Å². The van der Waals surface area contributed by atoms with E-state index in [9.17, 15) is 4.79 Å². The average molecular weight is 429 g/mol. The third-order valence-corrected chi connectivity index (χ3v) is 4.97. The predicted molar refractivity (Wildman–Crippen MR) is 119 cm³/mol. The molecule has 0 saturated heterocycles. The lowest BCUT2D eigenvalue weighted by Gasteiger charge is -2.21. The zero-order chi connectivity index (χ0) is 22.0. The van der Waals surface area contributed by atoms with E-state index in [-0.39, 0.29) is 17.6 Å². The Morgan fingerprint density at radius 2 is 1.47 bits per heavy atom. The van der Waals surface area contributed by atoms with Gasteiger partial charge in [0.2, 0.25) is 11.5 Å². The molecule has 0 aliphatic carbocycles. The van der Waals surface area contributed by atoms with Gasteiger partial charge in [0.25, 0.3) is 0 Å². The van der Waals surface area contributed by atoms with Gasteiger partial charge in [-0.05, 0) is 57.0 Å². The summed E-state index contributed by atoms with van der Waals surface area (Å²) in [4.78, 5) is 13.1. The van der Waals surface area contributed by atoms with Gasteiger partial charge in [-0.25, -0.2) is 4.79 Å². The maximum absolute atomic E-state index is 13.1. The number of methoxy groups -OCH3 is 2.